The zero-order valence-corrected chi connectivity index (χ0v) is 10.7. The zero-order valence-electron chi connectivity index (χ0n) is 10.7. The summed E-state index contributed by atoms with van der Waals surface area (Å²) in [6.07, 6.45) is 5.48. The summed E-state index contributed by atoms with van der Waals surface area (Å²) in [6.45, 7) is 6.94. The lowest BCUT2D eigenvalue weighted by molar-refractivity contribution is 0.286. The molecule has 2 heteroatoms. The molecule has 0 fully saturated rings. The maximum absolute atomic E-state index is 5.28. The highest BCUT2D eigenvalue weighted by atomic mass is 16.5. The van der Waals surface area contributed by atoms with Crippen LogP contribution in [-0.2, 0) is 6.42 Å². The molecule has 0 amide bonds. The molecule has 88 valence electrons. The fourth-order valence-electron chi connectivity index (χ4n) is 2.64. The molecule has 1 aromatic heterocycles. The Kier molecular flexibility index (Phi) is 2.92. The third-order valence-electron chi connectivity index (χ3n) is 3.54. The van der Waals surface area contributed by atoms with Crippen LogP contribution in [0.4, 0.5) is 0 Å². The molecule has 1 heterocycles. The van der Waals surface area contributed by atoms with Gasteiger partial charge in [0, 0.05) is 5.69 Å². The van der Waals surface area contributed by atoms with Crippen molar-refractivity contribution in [1.29, 1.82) is 0 Å². The lowest BCUT2D eigenvalue weighted by Crippen LogP contribution is -2.23. The van der Waals surface area contributed by atoms with Crippen molar-refractivity contribution in [3.8, 4) is 5.75 Å². The van der Waals surface area contributed by atoms with E-state index in [1.807, 2.05) is 6.20 Å². The van der Waals surface area contributed by atoms with Crippen molar-refractivity contribution in [2.75, 3.05) is 7.11 Å². The van der Waals surface area contributed by atoms with E-state index in [4.69, 9.17) is 4.74 Å². The van der Waals surface area contributed by atoms with Crippen LogP contribution < -0.4 is 4.74 Å². The molecule has 0 radical (unpaired) electrons. The fourth-order valence-corrected chi connectivity index (χ4v) is 2.64. The van der Waals surface area contributed by atoms with Crippen molar-refractivity contribution in [2.24, 2.45) is 5.41 Å². The van der Waals surface area contributed by atoms with Gasteiger partial charge in [-0.2, -0.15) is 0 Å². The number of aryl methyl sites for hydroxylation is 1. The number of hydrogen-bond acceptors (Lipinski definition) is 2. The number of ether oxygens (including phenoxy) is 1. The Balaban J connectivity index is 2.43. The van der Waals surface area contributed by atoms with E-state index in [-0.39, 0.29) is 0 Å². The number of hydrogen-bond donors (Lipinski definition) is 0. The molecule has 0 saturated heterocycles. The maximum atomic E-state index is 5.28. The van der Waals surface area contributed by atoms with Crippen LogP contribution in [0.2, 0.25) is 0 Å². The molecular formula is C14H21NO. The van der Waals surface area contributed by atoms with E-state index in [0.717, 1.165) is 12.2 Å². The van der Waals surface area contributed by atoms with Crippen LogP contribution in [-0.4, -0.2) is 12.1 Å². The second-order valence-electron chi connectivity index (χ2n) is 5.72. The molecule has 0 saturated carbocycles. The predicted octanol–water partition coefficient (Wildman–Crippen LogP) is 3.56. The first-order valence-corrected chi connectivity index (χ1v) is 6.05. The number of nitrogens with zero attached hydrogens (tertiary/aromatic N) is 1. The molecule has 1 atom stereocenters. The van der Waals surface area contributed by atoms with Crippen molar-refractivity contribution in [3.63, 3.8) is 0 Å². The Labute approximate surface area is 98.0 Å². The average molecular weight is 219 g/mol. The monoisotopic (exact) mass is 219 g/mol. The lowest BCUT2D eigenvalue weighted by Gasteiger charge is -2.35. The van der Waals surface area contributed by atoms with Gasteiger partial charge in [0.25, 0.3) is 0 Å². The van der Waals surface area contributed by atoms with Gasteiger partial charge < -0.3 is 4.74 Å². The van der Waals surface area contributed by atoms with Crippen LogP contribution in [0.15, 0.2) is 12.3 Å². The molecule has 1 aliphatic carbocycles. The first-order chi connectivity index (χ1) is 7.52. The number of fused-ring (bicyclic) bond motifs is 1. The number of aromatic nitrogens is 1. The smallest absolute Gasteiger partial charge is 0.137 e. The Bertz CT molecular complexity index is 379. The van der Waals surface area contributed by atoms with Gasteiger partial charge in [-0.15, -0.1) is 0 Å². The zero-order chi connectivity index (χ0) is 11.8. The molecule has 2 rings (SSSR count). The van der Waals surface area contributed by atoms with Gasteiger partial charge in [0.05, 0.1) is 13.3 Å². The van der Waals surface area contributed by atoms with Crippen molar-refractivity contribution in [2.45, 2.75) is 46.0 Å². The molecule has 0 aliphatic heterocycles. The molecular weight excluding hydrogens is 198 g/mol. The van der Waals surface area contributed by atoms with E-state index in [2.05, 4.69) is 31.8 Å². The van der Waals surface area contributed by atoms with Gasteiger partial charge in [-0.1, -0.05) is 20.8 Å². The van der Waals surface area contributed by atoms with Crippen LogP contribution in [0.1, 0.15) is 50.8 Å². The summed E-state index contributed by atoms with van der Waals surface area (Å²) in [7, 11) is 1.71. The lowest BCUT2D eigenvalue weighted by atomic mass is 9.70. The summed E-state index contributed by atoms with van der Waals surface area (Å²) in [4.78, 5) is 4.53. The minimum absolute atomic E-state index is 0.309. The summed E-state index contributed by atoms with van der Waals surface area (Å²) < 4.78 is 5.28. The summed E-state index contributed by atoms with van der Waals surface area (Å²) in [5.41, 5.74) is 2.98. The summed E-state index contributed by atoms with van der Waals surface area (Å²) in [5.74, 6) is 1.49. The predicted molar refractivity (Wildman–Crippen MR) is 65.9 cm³/mol. The van der Waals surface area contributed by atoms with E-state index in [0.29, 0.717) is 11.3 Å². The third-order valence-corrected chi connectivity index (χ3v) is 3.54. The van der Waals surface area contributed by atoms with Crippen LogP contribution in [0.25, 0.3) is 0 Å². The van der Waals surface area contributed by atoms with E-state index in [9.17, 15) is 0 Å². The van der Waals surface area contributed by atoms with Crippen molar-refractivity contribution in [1.82, 2.24) is 4.98 Å². The summed E-state index contributed by atoms with van der Waals surface area (Å²) in [6, 6.07) is 2.18. The quantitative estimate of drug-likeness (QED) is 0.720. The van der Waals surface area contributed by atoms with Crippen LogP contribution in [0.3, 0.4) is 0 Å². The third kappa shape index (κ3) is 2.06. The highest BCUT2D eigenvalue weighted by Crippen LogP contribution is 2.43. The number of methoxy groups -OCH3 is 1. The molecule has 0 spiro atoms. The Morgan fingerprint density at radius 1 is 1.38 bits per heavy atom. The van der Waals surface area contributed by atoms with E-state index < -0.39 is 0 Å². The van der Waals surface area contributed by atoms with Gasteiger partial charge in [0.1, 0.15) is 5.75 Å². The first-order valence-electron chi connectivity index (χ1n) is 6.05. The number of pyridine rings is 1. The molecule has 2 nitrogen and oxygen atoms in total. The Hall–Kier alpha value is -1.05. The van der Waals surface area contributed by atoms with Crippen molar-refractivity contribution in [3.05, 3.63) is 23.5 Å². The average Bonchev–Trinajstić information content (AvgIpc) is 2.26. The molecule has 16 heavy (non-hydrogen) atoms. The molecule has 1 aromatic rings. The number of rotatable bonds is 1. The van der Waals surface area contributed by atoms with Gasteiger partial charge in [0.2, 0.25) is 0 Å². The minimum atomic E-state index is 0.309. The van der Waals surface area contributed by atoms with Crippen molar-refractivity contribution < 1.29 is 4.74 Å². The first kappa shape index (κ1) is 11.4. The largest absolute Gasteiger partial charge is 0.495 e. The van der Waals surface area contributed by atoms with Crippen LogP contribution >= 0.6 is 0 Å². The maximum Gasteiger partial charge on any atom is 0.137 e. The topological polar surface area (TPSA) is 22.1 Å². The molecule has 0 aromatic carbocycles. The van der Waals surface area contributed by atoms with E-state index >= 15 is 0 Å². The van der Waals surface area contributed by atoms with Crippen LogP contribution in [0.5, 0.6) is 5.75 Å². The second kappa shape index (κ2) is 4.08. The minimum Gasteiger partial charge on any atom is -0.495 e. The summed E-state index contributed by atoms with van der Waals surface area (Å²) in [5, 5.41) is 0. The van der Waals surface area contributed by atoms with Crippen LogP contribution in [0, 0.1) is 5.41 Å². The standard InChI is InChI=1S/C14H21NO/c1-14(2,3)12-6-5-7-13-11(12)8-10(16-4)9-15-13/h8-9,12H,5-7H2,1-4H3. The second-order valence-corrected chi connectivity index (χ2v) is 5.72. The van der Waals surface area contributed by atoms with Gasteiger partial charge in [-0.05, 0) is 42.2 Å². The van der Waals surface area contributed by atoms with Gasteiger partial charge >= 0.3 is 0 Å². The normalized spacial score (nSPS) is 20.4. The Morgan fingerprint density at radius 2 is 2.12 bits per heavy atom. The SMILES string of the molecule is COc1cnc2c(c1)C(C(C)(C)C)CCC2. The molecule has 0 N–H and O–H groups in total. The van der Waals surface area contributed by atoms with E-state index in [1.165, 1.54) is 24.1 Å². The van der Waals surface area contributed by atoms with Crippen molar-refractivity contribution >= 4 is 0 Å². The Morgan fingerprint density at radius 3 is 2.75 bits per heavy atom. The van der Waals surface area contributed by atoms with Gasteiger partial charge in [0.15, 0.2) is 0 Å². The highest BCUT2D eigenvalue weighted by molar-refractivity contribution is 5.35. The highest BCUT2D eigenvalue weighted by Gasteiger charge is 2.31. The molecule has 0 bridgehead atoms. The fraction of sp³-hybridized carbons (Fsp3) is 0.643. The summed E-state index contributed by atoms with van der Waals surface area (Å²) >= 11 is 0. The van der Waals surface area contributed by atoms with E-state index in [1.54, 1.807) is 7.11 Å². The van der Waals surface area contributed by atoms with Gasteiger partial charge in [-0.3, -0.25) is 4.98 Å². The molecule has 1 aliphatic rings. The molecule has 1 unspecified atom stereocenters. The van der Waals surface area contributed by atoms with Gasteiger partial charge in [-0.25, -0.2) is 0 Å².